The highest BCUT2D eigenvalue weighted by molar-refractivity contribution is 5.94. The van der Waals surface area contributed by atoms with E-state index in [1.165, 1.54) is 0 Å². The number of nitrogens with one attached hydrogen (secondary N) is 1. The molecular weight excluding hydrogens is 268 g/mol. The maximum absolute atomic E-state index is 12.1. The molecule has 1 aliphatic rings. The molecule has 2 rings (SSSR count). The number of piperidine rings is 1. The molecule has 1 heterocycles. The maximum Gasteiger partial charge on any atom is 0.251 e. The zero-order valence-corrected chi connectivity index (χ0v) is 12.4. The van der Waals surface area contributed by atoms with Gasteiger partial charge in [-0.05, 0) is 25.0 Å². The number of likely N-dealkylation sites (tertiary alicyclic amines) is 1. The van der Waals surface area contributed by atoms with Crippen LogP contribution >= 0.6 is 0 Å². The van der Waals surface area contributed by atoms with Crippen LogP contribution in [-0.4, -0.2) is 49.6 Å². The lowest BCUT2D eigenvalue weighted by Crippen LogP contribution is -2.46. The molecule has 5 nitrogen and oxygen atoms in total. The Morgan fingerprint density at radius 2 is 1.90 bits per heavy atom. The molecule has 0 saturated carbocycles. The summed E-state index contributed by atoms with van der Waals surface area (Å²) >= 11 is 0. The number of rotatable bonds is 5. The molecular formula is C16H22N2O3. The molecule has 0 spiro atoms. The van der Waals surface area contributed by atoms with Crippen LogP contribution in [-0.2, 0) is 9.53 Å². The van der Waals surface area contributed by atoms with Crippen molar-refractivity contribution in [2.24, 2.45) is 0 Å². The monoisotopic (exact) mass is 290 g/mol. The van der Waals surface area contributed by atoms with E-state index in [4.69, 9.17) is 4.74 Å². The largest absolute Gasteiger partial charge is 0.384 e. The van der Waals surface area contributed by atoms with Gasteiger partial charge in [0.25, 0.3) is 5.91 Å². The van der Waals surface area contributed by atoms with Crippen molar-refractivity contribution < 1.29 is 14.3 Å². The molecule has 0 atom stereocenters. The van der Waals surface area contributed by atoms with E-state index in [0.717, 1.165) is 12.8 Å². The molecule has 1 N–H and O–H groups in total. The van der Waals surface area contributed by atoms with Crippen molar-refractivity contribution in [2.45, 2.75) is 25.3 Å². The number of carbonyl (C=O) groups excluding carboxylic acids is 2. The Morgan fingerprint density at radius 1 is 1.24 bits per heavy atom. The molecule has 0 radical (unpaired) electrons. The second kappa shape index (κ2) is 7.78. The van der Waals surface area contributed by atoms with Gasteiger partial charge in [0.2, 0.25) is 5.91 Å². The number of methoxy groups -OCH3 is 1. The first kappa shape index (κ1) is 15.5. The minimum Gasteiger partial charge on any atom is -0.384 e. The Morgan fingerprint density at radius 3 is 2.52 bits per heavy atom. The van der Waals surface area contributed by atoms with Crippen LogP contribution in [0.1, 0.15) is 29.6 Å². The molecule has 21 heavy (non-hydrogen) atoms. The van der Waals surface area contributed by atoms with Crippen molar-refractivity contribution in [3.8, 4) is 0 Å². The smallest absolute Gasteiger partial charge is 0.251 e. The van der Waals surface area contributed by atoms with Gasteiger partial charge in [0, 0.05) is 31.8 Å². The fourth-order valence-corrected chi connectivity index (χ4v) is 2.48. The topological polar surface area (TPSA) is 58.6 Å². The first-order chi connectivity index (χ1) is 10.2. The van der Waals surface area contributed by atoms with Crippen LogP contribution < -0.4 is 5.32 Å². The molecule has 1 fully saturated rings. The van der Waals surface area contributed by atoms with E-state index in [2.05, 4.69) is 5.32 Å². The number of benzene rings is 1. The molecule has 0 aromatic heterocycles. The number of nitrogens with zero attached hydrogens (tertiary/aromatic N) is 1. The van der Waals surface area contributed by atoms with Crippen LogP contribution in [0.15, 0.2) is 30.3 Å². The summed E-state index contributed by atoms with van der Waals surface area (Å²) in [6.45, 7) is 1.86. The molecule has 0 bridgehead atoms. The van der Waals surface area contributed by atoms with Gasteiger partial charge in [0.15, 0.2) is 0 Å². The lowest BCUT2D eigenvalue weighted by molar-refractivity contribution is -0.133. The molecule has 1 aliphatic heterocycles. The molecule has 5 heteroatoms. The first-order valence-electron chi connectivity index (χ1n) is 7.33. The maximum atomic E-state index is 12.1. The van der Waals surface area contributed by atoms with Crippen molar-refractivity contribution in [3.05, 3.63) is 35.9 Å². The summed E-state index contributed by atoms with van der Waals surface area (Å²) in [7, 11) is 1.60. The Kier molecular flexibility index (Phi) is 5.75. The third-order valence-corrected chi connectivity index (χ3v) is 3.74. The Bertz CT molecular complexity index is 468. The number of hydrogen-bond acceptors (Lipinski definition) is 3. The standard InChI is InChI=1S/C16H22N2O3/c1-21-12-9-15(19)18-10-7-14(8-11-18)17-16(20)13-5-3-2-4-6-13/h2-6,14H,7-12H2,1H3,(H,17,20). The van der Waals surface area contributed by atoms with Crippen LogP contribution in [0.5, 0.6) is 0 Å². The van der Waals surface area contributed by atoms with E-state index in [-0.39, 0.29) is 17.9 Å². The van der Waals surface area contributed by atoms with Crippen molar-refractivity contribution in [2.75, 3.05) is 26.8 Å². The number of ether oxygens (including phenoxy) is 1. The number of carbonyl (C=O) groups is 2. The van der Waals surface area contributed by atoms with Gasteiger partial charge in [-0.2, -0.15) is 0 Å². The summed E-state index contributed by atoms with van der Waals surface area (Å²) in [6, 6.07) is 9.35. The lowest BCUT2D eigenvalue weighted by atomic mass is 10.0. The quantitative estimate of drug-likeness (QED) is 0.893. The van der Waals surface area contributed by atoms with Gasteiger partial charge in [-0.25, -0.2) is 0 Å². The van der Waals surface area contributed by atoms with E-state index < -0.39 is 0 Å². The number of amides is 2. The van der Waals surface area contributed by atoms with E-state index in [1.54, 1.807) is 19.2 Å². The molecule has 1 saturated heterocycles. The Labute approximate surface area is 125 Å². The summed E-state index contributed by atoms with van der Waals surface area (Å²) in [6.07, 6.45) is 2.03. The van der Waals surface area contributed by atoms with Crippen LogP contribution in [0.2, 0.25) is 0 Å². The van der Waals surface area contributed by atoms with Crippen molar-refractivity contribution in [1.82, 2.24) is 10.2 Å². The van der Waals surface area contributed by atoms with E-state index in [9.17, 15) is 9.59 Å². The van der Waals surface area contributed by atoms with Crippen molar-refractivity contribution >= 4 is 11.8 Å². The molecule has 1 aromatic rings. The van der Waals surface area contributed by atoms with E-state index in [1.807, 2.05) is 23.1 Å². The van der Waals surface area contributed by atoms with Gasteiger partial charge < -0.3 is 15.0 Å². The minimum atomic E-state index is -0.0419. The third-order valence-electron chi connectivity index (χ3n) is 3.74. The Hall–Kier alpha value is -1.88. The van der Waals surface area contributed by atoms with Gasteiger partial charge >= 0.3 is 0 Å². The molecule has 1 aromatic carbocycles. The first-order valence-corrected chi connectivity index (χ1v) is 7.33. The van der Waals surface area contributed by atoms with Gasteiger partial charge in [-0.3, -0.25) is 9.59 Å². The third kappa shape index (κ3) is 4.56. The highest BCUT2D eigenvalue weighted by Gasteiger charge is 2.23. The summed E-state index contributed by atoms with van der Waals surface area (Å²) in [5.74, 6) is 0.0874. The van der Waals surface area contributed by atoms with Crippen molar-refractivity contribution in [1.29, 1.82) is 0 Å². The second-order valence-corrected chi connectivity index (χ2v) is 5.24. The highest BCUT2D eigenvalue weighted by Crippen LogP contribution is 2.12. The molecule has 114 valence electrons. The summed E-state index contributed by atoms with van der Waals surface area (Å²) < 4.78 is 4.92. The predicted molar refractivity (Wildman–Crippen MR) is 80.0 cm³/mol. The molecule has 0 aliphatic carbocycles. The van der Waals surface area contributed by atoms with Gasteiger partial charge in [-0.15, -0.1) is 0 Å². The van der Waals surface area contributed by atoms with Gasteiger partial charge in [-0.1, -0.05) is 18.2 Å². The SMILES string of the molecule is COCCC(=O)N1CCC(NC(=O)c2ccccc2)CC1. The molecule has 0 unspecified atom stereocenters. The van der Waals surface area contributed by atoms with Crippen molar-refractivity contribution in [3.63, 3.8) is 0 Å². The van der Waals surface area contributed by atoms with Crippen LogP contribution in [0.3, 0.4) is 0 Å². The number of hydrogen-bond donors (Lipinski definition) is 1. The lowest BCUT2D eigenvalue weighted by Gasteiger charge is -2.32. The van der Waals surface area contributed by atoms with Crippen LogP contribution in [0, 0.1) is 0 Å². The zero-order chi connectivity index (χ0) is 15.1. The summed E-state index contributed by atoms with van der Waals surface area (Å²) in [4.78, 5) is 25.8. The zero-order valence-electron chi connectivity index (χ0n) is 12.4. The summed E-state index contributed by atoms with van der Waals surface area (Å²) in [5, 5.41) is 3.04. The average Bonchev–Trinajstić information content (AvgIpc) is 2.54. The van der Waals surface area contributed by atoms with E-state index >= 15 is 0 Å². The highest BCUT2D eigenvalue weighted by atomic mass is 16.5. The molecule has 2 amide bonds. The van der Waals surface area contributed by atoms with Crippen LogP contribution in [0.4, 0.5) is 0 Å². The van der Waals surface area contributed by atoms with Crippen LogP contribution in [0.25, 0.3) is 0 Å². The summed E-state index contributed by atoms with van der Waals surface area (Å²) in [5.41, 5.74) is 0.677. The fourth-order valence-electron chi connectivity index (χ4n) is 2.48. The normalized spacial score (nSPS) is 15.8. The minimum absolute atomic E-state index is 0.0419. The van der Waals surface area contributed by atoms with Gasteiger partial charge in [0.1, 0.15) is 0 Å². The Balaban J connectivity index is 1.77. The fraction of sp³-hybridized carbons (Fsp3) is 0.500. The predicted octanol–water partition coefficient (Wildman–Crippen LogP) is 1.44. The van der Waals surface area contributed by atoms with Gasteiger partial charge in [0.05, 0.1) is 13.0 Å². The average molecular weight is 290 g/mol. The second-order valence-electron chi connectivity index (χ2n) is 5.24. The van der Waals surface area contributed by atoms with E-state index in [0.29, 0.717) is 31.7 Å².